The number of likely N-dealkylation sites (N-methyl/N-ethyl adjacent to an activating group) is 1. The Morgan fingerprint density at radius 1 is 1.15 bits per heavy atom. The Balaban J connectivity index is 1.76. The van der Waals surface area contributed by atoms with Crippen LogP contribution in [-0.2, 0) is 9.59 Å². The van der Waals surface area contributed by atoms with Crippen LogP contribution in [0, 0.1) is 5.82 Å². The second kappa shape index (κ2) is 6.37. The molecule has 0 aromatic heterocycles. The number of amidine groups is 1. The summed E-state index contributed by atoms with van der Waals surface area (Å²) >= 11 is 4.51. The van der Waals surface area contributed by atoms with Crippen molar-refractivity contribution < 1.29 is 14.0 Å². The quantitative estimate of drug-likeness (QED) is 0.697. The van der Waals surface area contributed by atoms with Gasteiger partial charge in [0.25, 0.3) is 11.8 Å². The number of carbonyl (C=O) groups is 2. The Labute approximate surface area is 161 Å². The third-order valence-electron chi connectivity index (χ3n) is 4.02. The van der Waals surface area contributed by atoms with E-state index >= 15 is 0 Å². The topological polar surface area (TPSA) is 61.8 Å². The van der Waals surface area contributed by atoms with Crippen LogP contribution < -0.4 is 10.2 Å². The van der Waals surface area contributed by atoms with E-state index in [1.54, 1.807) is 7.05 Å². The van der Waals surface area contributed by atoms with Gasteiger partial charge in [-0.2, -0.15) is 0 Å². The average Bonchev–Trinajstić information content (AvgIpc) is 3.07. The van der Waals surface area contributed by atoms with E-state index in [0.717, 1.165) is 21.9 Å². The first kappa shape index (κ1) is 17.0. The Morgan fingerprint density at radius 3 is 2.62 bits per heavy atom. The Bertz CT molecular complexity index is 1020. The van der Waals surface area contributed by atoms with Gasteiger partial charge in [0.05, 0.1) is 21.9 Å². The monoisotopic (exact) mass is 431 g/mol. The number of nitrogens with zero attached hydrogens (tertiary/aromatic N) is 2. The molecule has 2 aromatic rings. The van der Waals surface area contributed by atoms with Gasteiger partial charge in [0.2, 0.25) is 0 Å². The molecular formula is C18H11BrFN3O2S. The highest BCUT2D eigenvalue weighted by Gasteiger charge is 2.38. The summed E-state index contributed by atoms with van der Waals surface area (Å²) in [6, 6.07) is 11.1. The van der Waals surface area contributed by atoms with Crippen LogP contribution in [0.2, 0.25) is 0 Å². The summed E-state index contributed by atoms with van der Waals surface area (Å²) in [6.07, 6.45) is 0. The number of aliphatic imine (C=N–C) groups is 1. The van der Waals surface area contributed by atoms with Gasteiger partial charge in [-0.05, 0) is 54.2 Å². The molecule has 2 aliphatic rings. The third kappa shape index (κ3) is 2.85. The average molecular weight is 432 g/mol. The number of benzene rings is 2. The van der Waals surface area contributed by atoms with Crippen molar-refractivity contribution >= 4 is 61.6 Å². The number of amides is 2. The fraction of sp³-hybridized carbons (Fsp3) is 0.0556. The van der Waals surface area contributed by atoms with Gasteiger partial charge >= 0.3 is 0 Å². The predicted molar refractivity (Wildman–Crippen MR) is 104 cm³/mol. The summed E-state index contributed by atoms with van der Waals surface area (Å²) in [5.74, 6) is -0.971. The van der Waals surface area contributed by atoms with E-state index in [1.807, 2.05) is 18.2 Å². The zero-order chi connectivity index (χ0) is 18.4. The van der Waals surface area contributed by atoms with Crippen molar-refractivity contribution in [1.29, 1.82) is 0 Å². The van der Waals surface area contributed by atoms with Gasteiger partial charge in [0.1, 0.15) is 5.82 Å². The molecule has 26 heavy (non-hydrogen) atoms. The first-order valence-corrected chi connectivity index (χ1v) is 9.20. The van der Waals surface area contributed by atoms with E-state index in [9.17, 15) is 14.0 Å². The maximum atomic E-state index is 13.0. The van der Waals surface area contributed by atoms with Crippen LogP contribution in [0.3, 0.4) is 0 Å². The maximum absolute atomic E-state index is 13.0. The summed E-state index contributed by atoms with van der Waals surface area (Å²) in [6.45, 7) is 0. The second-order valence-electron chi connectivity index (χ2n) is 5.68. The van der Waals surface area contributed by atoms with Crippen molar-refractivity contribution in [3.05, 3.63) is 63.2 Å². The smallest absolute Gasteiger partial charge is 0.264 e. The number of anilines is 1. The van der Waals surface area contributed by atoms with E-state index in [4.69, 9.17) is 0 Å². The molecule has 0 saturated carbocycles. The van der Waals surface area contributed by atoms with Crippen LogP contribution >= 0.6 is 27.7 Å². The first-order valence-electron chi connectivity index (χ1n) is 7.60. The van der Waals surface area contributed by atoms with E-state index in [2.05, 4.69) is 26.2 Å². The summed E-state index contributed by atoms with van der Waals surface area (Å²) in [7, 11) is 1.67. The fourth-order valence-corrected chi connectivity index (χ4v) is 4.08. The van der Waals surface area contributed by atoms with Gasteiger partial charge in [0.15, 0.2) is 5.17 Å². The Kier molecular flexibility index (Phi) is 4.16. The molecule has 1 fully saturated rings. The minimum atomic E-state index is -0.375. The van der Waals surface area contributed by atoms with Gasteiger partial charge in [0, 0.05) is 17.1 Å². The van der Waals surface area contributed by atoms with Crippen molar-refractivity contribution in [3.8, 4) is 0 Å². The van der Waals surface area contributed by atoms with Gasteiger partial charge in [-0.1, -0.05) is 15.9 Å². The summed E-state index contributed by atoms with van der Waals surface area (Å²) in [5, 5.41) is 3.01. The van der Waals surface area contributed by atoms with Crippen molar-refractivity contribution in [2.45, 2.75) is 0 Å². The maximum Gasteiger partial charge on any atom is 0.264 e. The number of halogens is 2. The molecule has 0 aliphatic carbocycles. The zero-order valence-electron chi connectivity index (χ0n) is 13.4. The molecule has 2 aliphatic heterocycles. The van der Waals surface area contributed by atoms with Crippen LogP contribution in [0.1, 0.15) is 5.56 Å². The van der Waals surface area contributed by atoms with Gasteiger partial charge in [-0.25, -0.2) is 9.38 Å². The molecule has 2 heterocycles. The molecule has 0 unspecified atom stereocenters. The van der Waals surface area contributed by atoms with Crippen LogP contribution in [0.4, 0.5) is 15.8 Å². The van der Waals surface area contributed by atoms with Crippen molar-refractivity contribution in [2.24, 2.45) is 4.99 Å². The molecule has 1 N–H and O–H groups in total. The highest BCUT2D eigenvalue weighted by molar-refractivity contribution is 9.10. The summed E-state index contributed by atoms with van der Waals surface area (Å²) in [5.41, 5.74) is 2.32. The van der Waals surface area contributed by atoms with E-state index < -0.39 is 0 Å². The van der Waals surface area contributed by atoms with Crippen LogP contribution in [0.25, 0.3) is 5.57 Å². The molecular weight excluding hydrogens is 421 g/mol. The molecule has 0 spiro atoms. The summed E-state index contributed by atoms with van der Waals surface area (Å²) < 4.78 is 13.8. The van der Waals surface area contributed by atoms with Gasteiger partial charge < -0.3 is 10.2 Å². The number of rotatable bonds is 1. The molecule has 0 radical (unpaired) electrons. The van der Waals surface area contributed by atoms with Crippen LogP contribution in [-0.4, -0.2) is 24.0 Å². The van der Waals surface area contributed by atoms with Crippen molar-refractivity contribution in [2.75, 3.05) is 11.9 Å². The highest BCUT2D eigenvalue weighted by Crippen LogP contribution is 2.43. The minimum absolute atomic E-state index is 0.237. The van der Waals surface area contributed by atoms with E-state index in [0.29, 0.717) is 26.9 Å². The molecule has 130 valence electrons. The van der Waals surface area contributed by atoms with E-state index in [-0.39, 0.29) is 17.6 Å². The number of hydrogen-bond acceptors (Lipinski definition) is 4. The zero-order valence-corrected chi connectivity index (χ0v) is 15.8. The van der Waals surface area contributed by atoms with Crippen molar-refractivity contribution in [1.82, 2.24) is 5.32 Å². The first-order chi connectivity index (χ1) is 12.4. The number of fused-ring (bicyclic) bond motifs is 1. The molecule has 4 rings (SSSR count). The molecule has 1 saturated heterocycles. The standard InChI is InChI=1S/C18H11BrFN3O2S/c1-23-13-7-2-9(19)8-12(13)14(17(23)25)15-16(24)22-18(26-15)21-11-5-3-10(20)4-6-11/h2-8H,1H3,(H,21,22,24)/b15-14-. The SMILES string of the molecule is CN1C(=O)/C(=C2\SC(=Nc3ccc(F)cc3)NC2=O)c2cc(Br)ccc21. The number of carbonyl (C=O) groups excluding carboxylic acids is 2. The van der Waals surface area contributed by atoms with Crippen LogP contribution in [0.5, 0.6) is 0 Å². The number of nitrogens with one attached hydrogen (secondary N) is 1. The van der Waals surface area contributed by atoms with E-state index in [1.165, 1.54) is 29.2 Å². The summed E-state index contributed by atoms with van der Waals surface area (Å²) in [4.78, 5) is 31.3. The molecule has 5 nitrogen and oxygen atoms in total. The van der Waals surface area contributed by atoms with Crippen LogP contribution in [0.15, 0.2) is 56.8 Å². The molecule has 2 amide bonds. The molecule has 8 heteroatoms. The number of thioether (sulfide) groups is 1. The normalized spacial score (nSPS) is 20.7. The molecule has 0 bridgehead atoms. The fourth-order valence-electron chi connectivity index (χ4n) is 2.78. The number of hydrogen-bond donors (Lipinski definition) is 1. The third-order valence-corrected chi connectivity index (χ3v) is 5.49. The molecule has 0 atom stereocenters. The Hall–Kier alpha value is -2.45. The Morgan fingerprint density at radius 2 is 1.88 bits per heavy atom. The predicted octanol–water partition coefficient (Wildman–Crippen LogP) is 3.83. The lowest BCUT2D eigenvalue weighted by Gasteiger charge is -2.08. The largest absolute Gasteiger partial charge is 0.311 e. The lowest BCUT2D eigenvalue weighted by atomic mass is 10.1. The lowest BCUT2D eigenvalue weighted by molar-refractivity contribution is -0.116. The minimum Gasteiger partial charge on any atom is -0.311 e. The second-order valence-corrected chi connectivity index (χ2v) is 7.59. The van der Waals surface area contributed by atoms with Crippen molar-refractivity contribution in [3.63, 3.8) is 0 Å². The molecule has 2 aromatic carbocycles. The van der Waals surface area contributed by atoms with Gasteiger partial charge in [-0.15, -0.1) is 0 Å². The van der Waals surface area contributed by atoms with Gasteiger partial charge in [-0.3, -0.25) is 9.59 Å². The highest BCUT2D eigenvalue weighted by atomic mass is 79.9. The lowest BCUT2D eigenvalue weighted by Crippen LogP contribution is -2.23.